The Morgan fingerprint density at radius 3 is 1.75 bits per heavy atom. The van der Waals surface area contributed by atoms with Crippen LogP contribution >= 0.6 is 0 Å². The lowest BCUT2D eigenvalue weighted by Crippen LogP contribution is -2.10. The maximum Gasteiger partial charge on any atom is 0.305 e. The fourth-order valence-corrected chi connectivity index (χ4v) is 1.61. The standard InChI is InChI=1S/C16H30O4/c1-13(2)7-6-11-19-15(17)8-5-9-16(18)20-12-10-14(3)4/h13-14H,5-12H2,1-4H3. The maximum absolute atomic E-state index is 11.4. The molecule has 4 nitrogen and oxygen atoms in total. The molecule has 0 amide bonds. The Labute approximate surface area is 123 Å². The van der Waals surface area contributed by atoms with Gasteiger partial charge in [0, 0.05) is 12.8 Å². The molecular weight excluding hydrogens is 256 g/mol. The lowest BCUT2D eigenvalue weighted by molar-refractivity contribution is -0.145. The zero-order chi connectivity index (χ0) is 15.4. The van der Waals surface area contributed by atoms with Gasteiger partial charge in [0.05, 0.1) is 13.2 Å². The highest BCUT2D eigenvalue weighted by molar-refractivity contribution is 5.72. The zero-order valence-electron chi connectivity index (χ0n) is 13.4. The molecule has 0 saturated carbocycles. The van der Waals surface area contributed by atoms with Crippen molar-refractivity contribution in [3.05, 3.63) is 0 Å². The first-order valence-electron chi connectivity index (χ1n) is 7.73. The number of esters is 2. The van der Waals surface area contributed by atoms with Crippen LogP contribution in [0.1, 0.15) is 66.2 Å². The quantitative estimate of drug-likeness (QED) is 0.429. The molecule has 0 heterocycles. The first-order valence-corrected chi connectivity index (χ1v) is 7.73. The van der Waals surface area contributed by atoms with Crippen molar-refractivity contribution in [3.63, 3.8) is 0 Å². The Kier molecular flexibility index (Phi) is 11.1. The number of hydrogen-bond donors (Lipinski definition) is 0. The number of rotatable bonds is 11. The molecule has 20 heavy (non-hydrogen) atoms. The summed E-state index contributed by atoms with van der Waals surface area (Å²) < 4.78 is 10.2. The molecule has 4 heteroatoms. The van der Waals surface area contributed by atoms with E-state index in [1.54, 1.807) is 0 Å². The summed E-state index contributed by atoms with van der Waals surface area (Å²) in [5.74, 6) is 0.722. The number of ether oxygens (including phenoxy) is 2. The predicted octanol–water partition coefficient (Wildman–Crippen LogP) is 3.73. The van der Waals surface area contributed by atoms with Gasteiger partial charge in [0.15, 0.2) is 0 Å². The van der Waals surface area contributed by atoms with Gasteiger partial charge in [-0.25, -0.2) is 0 Å². The molecule has 0 saturated heterocycles. The van der Waals surface area contributed by atoms with Crippen molar-refractivity contribution in [1.29, 1.82) is 0 Å². The van der Waals surface area contributed by atoms with Crippen LogP contribution in [0.15, 0.2) is 0 Å². The minimum absolute atomic E-state index is 0.219. The molecule has 0 N–H and O–H groups in total. The summed E-state index contributed by atoms with van der Waals surface area (Å²) >= 11 is 0. The first kappa shape index (κ1) is 18.9. The Balaban J connectivity index is 3.44. The fraction of sp³-hybridized carbons (Fsp3) is 0.875. The maximum atomic E-state index is 11.4. The summed E-state index contributed by atoms with van der Waals surface area (Å²) in [7, 11) is 0. The third kappa shape index (κ3) is 13.4. The van der Waals surface area contributed by atoms with Crippen molar-refractivity contribution < 1.29 is 19.1 Å². The molecule has 0 rings (SSSR count). The van der Waals surface area contributed by atoms with Crippen molar-refractivity contribution in [3.8, 4) is 0 Å². The minimum atomic E-state index is -0.224. The van der Waals surface area contributed by atoms with Gasteiger partial charge in [-0.15, -0.1) is 0 Å². The smallest absolute Gasteiger partial charge is 0.305 e. The first-order chi connectivity index (χ1) is 9.41. The number of carbonyl (C=O) groups is 2. The van der Waals surface area contributed by atoms with E-state index in [-0.39, 0.29) is 11.9 Å². The van der Waals surface area contributed by atoms with E-state index in [2.05, 4.69) is 27.7 Å². The highest BCUT2D eigenvalue weighted by atomic mass is 16.5. The summed E-state index contributed by atoms with van der Waals surface area (Å²) in [6.45, 7) is 9.41. The molecule has 0 aromatic carbocycles. The molecule has 0 aromatic rings. The molecule has 0 fully saturated rings. The lowest BCUT2D eigenvalue weighted by Gasteiger charge is -2.07. The monoisotopic (exact) mass is 286 g/mol. The Hall–Kier alpha value is -1.06. The third-order valence-corrected chi connectivity index (χ3v) is 2.91. The second-order valence-electron chi connectivity index (χ2n) is 6.01. The topological polar surface area (TPSA) is 52.6 Å². The van der Waals surface area contributed by atoms with Crippen molar-refractivity contribution in [1.82, 2.24) is 0 Å². The van der Waals surface area contributed by atoms with Crippen molar-refractivity contribution in [2.24, 2.45) is 11.8 Å². The van der Waals surface area contributed by atoms with Gasteiger partial charge >= 0.3 is 11.9 Å². The van der Waals surface area contributed by atoms with Crippen LogP contribution < -0.4 is 0 Å². The van der Waals surface area contributed by atoms with Gasteiger partial charge in [0.1, 0.15) is 0 Å². The molecule has 0 aliphatic carbocycles. The SMILES string of the molecule is CC(C)CCCOC(=O)CCCC(=O)OCCC(C)C. The van der Waals surface area contributed by atoms with Gasteiger partial charge in [-0.2, -0.15) is 0 Å². The largest absolute Gasteiger partial charge is 0.466 e. The van der Waals surface area contributed by atoms with E-state index in [0.29, 0.717) is 44.3 Å². The molecule has 0 aromatic heterocycles. The Morgan fingerprint density at radius 1 is 0.750 bits per heavy atom. The predicted molar refractivity (Wildman–Crippen MR) is 79.3 cm³/mol. The molecular formula is C16H30O4. The summed E-state index contributed by atoms with van der Waals surface area (Å²) in [6.07, 6.45) is 3.93. The van der Waals surface area contributed by atoms with E-state index < -0.39 is 0 Å². The van der Waals surface area contributed by atoms with Crippen LogP contribution in [0.2, 0.25) is 0 Å². The zero-order valence-corrected chi connectivity index (χ0v) is 13.4. The highest BCUT2D eigenvalue weighted by Gasteiger charge is 2.07. The van der Waals surface area contributed by atoms with E-state index in [0.717, 1.165) is 19.3 Å². The van der Waals surface area contributed by atoms with Crippen molar-refractivity contribution >= 4 is 11.9 Å². The molecule has 0 aliphatic rings. The van der Waals surface area contributed by atoms with Crippen LogP contribution in [-0.4, -0.2) is 25.2 Å². The molecule has 0 spiro atoms. The van der Waals surface area contributed by atoms with Crippen LogP contribution in [0.3, 0.4) is 0 Å². The van der Waals surface area contributed by atoms with Crippen molar-refractivity contribution in [2.75, 3.05) is 13.2 Å². The van der Waals surface area contributed by atoms with Gasteiger partial charge in [-0.1, -0.05) is 27.7 Å². The molecule has 0 atom stereocenters. The second kappa shape index (κ2) is 11.7. The molecule has 0 radical (unpaired) electrons. The summed E-state index contributed by atoms with van der Waals surface area (Å²) in [5, 5.41) is 0. The Morgan fingerprint density at radius 2 is 1.25 bits per heavy atom. The normalized spacial score (nSPS) is 10.9. The van der Waals surface area contributed by atoms with Gasteiger partial charge < -0.3 is 9.47 Å². The number of carbonyl (C=O) groups excluding carboxylic acids is 2. The fourth-order valence-electron chi connectivity index (χ4n) is 1.61. The summed E-state index contributed by atoms with van der Waals surface area (Å²) in [6, 6.07) is 0. The van der Waals surface area contributed by atoms with Crippen LogP contribution in [-0.2, 0) is 19.1 Å². The van der Waals surface area contributed by atoms with Crippen molar-refractivity contribution in [2.45, 2.75) is 66.2 Å². The van der Waals surface area contributed by atoms with Gasteiger partial charge in [0.2, 0.25) is 0 Å². The van der Waals surface area contributed by atoms with E-state index in [1.165, 1.54) is 0 Å². The summed E-state index contributed by atoms with van der Waals surface area (Å²) in [4.78, 5) is 22.8. The second-order valence-corrected chi connectivity index (χ2v) is 6.01. The van der Waals surface area contributed by atoms with Gasteiger partial charge in [-0.05, 0) is 37.5 Å². The average molecular weight is 286 g/mol. The molecule has 0 aliphatic heterocycles. The van der Waals surface area contributed by atoms with Crippen LogP contribution in [0, 0.1) is 11.8 Å². The van der Waals surface area contributed by atoms with Crippen LogP contribution in [0.4, 0.5) is 0 Å². The van der Waals surface area contributed by atoms with Crippen LogP contribution in [0.5, 0.6) is 0 Å². The molecule has 0 unspecified atom stereocenters. The van der Waals surface area contributed by atoms with E-state index in [4.69, 9.17) is 9.47 Å². The minimum Gasteiger partial charge on any atom is -0.466 e. The van der Waals surface area contributed by atoms with E-state index >= 15 is 0 Å². The third-order valence-electron chi connectivity index (χ3n) is 2.91. The van der Waals surface area contributed by atoms with Crippen LogP contribution in [0.25, 0.3) is 0 Å². The summed E-state index contributed by atoms with van der Waals surface area (Å²) in [5.41, 5.74) is 0. The highest BCUT2D eigenvalue weighted by Crippen LogP contribution is 2.05. The van der Waals surface area contributed by atoms with Gasteiger partial charge in [0.25, 0.3) is 0 Å². The van der Waals surface area contributed by atoms with E-state index in [9.17, 15) is 9.59 Å². The average Bonchev–Trinajstić information content (AvgIpc) is 2.34. The number of hydrogen-bond acceptors (Lipinski definition) is 4. The van der Waals surface area contributed by atoms with E-state index in [1.807, 2.05) is 0 Å². The lowest BCUT2D eigenvalue weighted by atomic mass is 10.1. The molecule has 0 bridgehead atoms. The van der Waals surface area contributed by atoms with Gasteiger partial charge in [-0.3, -0.25) is 9.59 Å². The Bertz CT molecular complexity index is 272. The molecule has 118 valence electrons.